The Balaban J connectivity index is 1.31. The van der Waals surface area contributed by atoms with Crippen LogP contribution in [0.25, 0.3) is 6.08 Å². The van der Waals surface area contributed by atoms with Gasteiger partial charge >= 0.3 is 6.09 Å². The van der Waals surface area contributed by atoms with E-state index in [0.29, 0.717) is 30.1 Å². The van der Waals surface area contributed by atoms with E-state index in [4.69, 9.17) is 4.74 Å². The van der Waals surface area contributed by atoms with Gasteiger partial charge in [0.2, 0.25) is 5.91 Å². The highest BCUT2D eigenvalue weighted by Gasteiger charge is 2.27. The van der Waals surface area contributed by atoms with Crippen LogP contribution in [0.15, 0.2) is 35.2 Å². The fourth-order valence-corrected chi connectivity index (χ4v) is 5.62. The molecular weight excluding hydrogens is 458 g/mol. The van der Waals surface area contributed by atoms with Crippen molar-refractivity contribution in [2.75, 3.05) is 11.9 Å². The van der Waals surface area contributed by atoms with Gasteiger partial charge in [-0.25, -0.2) is 4.79 Å². The van der Waals surface area contributed by atoms with Crippen LogP contribution in [0.5, 0.6) is 0 Å². The summed E-state index contributed by atoms with van der Waals surface area (Å²) in [6.45, 7) is 0.659. The molecule has 4 rings (SSSR count). The molecule has 1 unspecified atom stereocenters. The second-order valence-corrected chi connectivity index (χ2v) is 9.59. The van der Waals surface area contributed by atoms with Crippen LogP contribution in [-0.4, -0.2) is 28.4 Å². The largest absolute Gasteiger partial charge is 0.449 e. The molecule has 0 aliphatic heterocycles. The molecule has 0 bridgehead atoms. The Morgan fingerprint density at radius 2 is 2.30 bits per heavy atom. The summed E-state index contributed by atoms with van der Waals surface area (Å²) in [6.07, 6.45) is 6.69. The van der Waals surface area contributed by atoms with Gasteiger partial charge in [-0.2, -0.15) is 21.7 Å². The molecule has 1 aliphatic carbocycles. The summed E-state index contributed by atoms with van der Waals surface area (Å²) in [6, 6.07) is 6.01. The van der Waals surface area contributed by atoms with Gasteiger partial charge in [0.25, 0.3) is 0 Å². The number of fused-ring (bicyclic) bond motifs is 1. The second-order valence-electron chi connectivity index (χ2n) is 7.71. The number of rotatable bonds is 7. The summed E-state index contributed by atoms with van der Waals surface area (Å²) in [5, 5.41) is 23.8. The summed E-state index contributed by atoms with van der Waals surface area (Å²) in [7, 11) is 1.81. The number of thiophene rings is 2. The first-order chi connectivity index (χ1) is 16.0. The lowest BCUT2D eigenvalue weighted by Crippen LogP contribution is -2.28. The van der Waals surface area contributed by atoms with E-state index < -0.39 is 6.09 Å². The zero-order valence-electron chi connectivity index (χ0n) is 18.0. The highest BCUT2D eigenvalue weighted by Crippen LogP contribution is 2.39. The fourth-order valence-electron chi connectivity index (χ4n) is 3.68. The van der Waals surface area contributed by atoms with Crippen LogP contribution >= 0.6 is 22.7 Å². The Morgan fingerprint density at radius 1 is 1.42 bits per heavy atom. The molecule has 3 aromatic heterocycles. The van der Waals surface area contributed by atoms with Crippen LogP contribution in [0.1, 0.15) is 33.7 Å². The molecule has 1 atom stereocenters. The third-order valence-electron chi connectivity index (χ3n) is 5.47. The Kier molecular flexibility index (Phi) is 7.22. The Labute approximate surface area is 199 Å². The standard InChI is InChI=1S/C23H23N5O3S2/c1-28-17(6-8-26-28)12-25-23(30)31-13-16-2-4-18-19(11-24)22(33-20(18)10-16)27-21(29)5-3-15-7-9-32-14-15/h3,5-9,14,16H,2,4,10,12-13H2,1H3,(H,25,30)(H,27,29)/b5-3+. The molecule has 1 aliphatic rings. The van der Waals surface area contributed by atoms with Crippen LogP contribution in [0.4, 0.5) is 9.80 Å². The second kappa shape index (κ2) is 10.5. The van der Waals surface area contributed by atoms with E-state index in [0.717, 1.165) is 34.5 Å². The van der Waals surface area contributed by atoms with Crippen LogP contribution in [0.2, 0.25) is 0 Å². The van der Waals surface area contributed by atoms with Gasteiger partial charge < -0.3 is 15.4 Å². The fraction of sp³-hybridized carbons (Fsp3) is 0.304. The maximum absolute atomic E-state index is 12.3. The predicted molar refractivity (Wildman–Crippen MR) is 128 cm³/mol. The lowest BCUT2D eigenvalue weighted by atomic mass is 9.88. The molecule has 0 spiro atoms. The first-order valence-corrected chi connectivity index (χ1v) is 12.2. The van der Waals surface area contributed by atoms with E-state index >= 15 is 0 Å². The first-order valence-electron chi connectivity index (χ1n) is 10.5. The van der Waals surface area contributed by atoms with Crippen LogP contribution in [-0.2, 0) is 36.0 Å². The monoisotopic (exact) mass is 481 g/mol. The van der Waals surface area contributed by atoms with Crippen molar-refractivity contribution in [2.24, 2.45) is 13.0 Å². The van der Waals surface area contributed by atoms with E-state index in [1.54, 1.807) is 28.3 Å². The van der Waals surface area contributed by atoms with Crippen LogP contribution < -0.4 is 10.6 Å². The molecule has 3 heterocycles. The van der Waals surface area contributed by atoms with Crippen molar-refractivity contribution >= 4 is 45.8 Å². The number of anilines is 1. The number of carbonyl (C=O) groups excluding carboxylic acids is 2. The summed E-state index contributed by atoms with van der Waals surface area (Å²) >= 11 is 3.00. The quantitative estimate of drug-likeness (QED) is 0.494. The molecule has 0 radical (unpaired) electrons. The average molecular weight is 482 g/mol. The van der Waals surface area contributed by atoms with Gasteiger partial charge in [-0.1, -0.05) is 0 Å². The number of alkyl carbamates (subject to hydrolysis) is 1. The molecule has 0 aromatic carbocycles. The lowest BCUT2D eigenvalue weighted by molar-refractivity contribution is -0.111. The topological polar surface area (TPSA) is 109 Å². The SMILES string of the molecule is Cn1nccc1CNC(=O)OCC1CCc2c(sc(NC(=O)/C=C/c3ccsc3)c2C#N)C1. The number of nitrogens with zero attached hydrogens (tertiary/aromatic N) is 3. The van der Waals surface area contributed by atoms with Gasteiger partial charge in [0.1, 0.15) is 11.1 Å². The van der Waals surface area contributed by atoms with E-state index in [1.165, 1.54) is 17.4 Å². The summed E-state index contributed by atoms with van der Waals surface area (Å²) in [5.41, 5.74) is 3.39. The smallest absolute Gasteiger partial charge is 0.407 e. The zero-order chi connectivity index (χ0) is 23.2. The maximum Gasteiger partial charge on any atom is 0.407 e. The van der Waals surface area contributed by atoms with Crippen molar-refractivity contribution < 1.29 is 14.3 Å². The number of nitriles is 1. The van der Waals surface area contributed by atoms with Gasteiger partial charge in [-0.05, 0) is 65.3 Å². The Hall–Kier alpha value is -3.42. The predicted octanol–water partition coefficient (Wildman–Crippen LogP) is 4.10. The number of hydrogen-bond acceptors (Lipinski definition) is 7. The first kappa shape index (κ1) is 22.8. The molecule has 0 saturated heterocycles. The minimum Gasteiger partial charge on any atom is -0.449 e. The van der Waals surface area contributed by atoms with Crippen LogP contribution in [0, 0.1) is 17.2 Å². The number of carbonyl (C=O) groups is 2. The molecule has 170 valence electrons. The van der Waals surface area contributed by atoms with Crippen molar-refractivity contribution in [1.29, 1.82) is 5.26 Å². The number of aromatic nitrogens is 2. The van der Waals surface area contributed by atoms with E-state index in [9.17, 15) is 14.9 Å². The molecule has 33 heavy (non-hydrogen) atoms. The molecular formula is C23H23N5O3S2. The third-order valence-corrected chi connectivity index (χ3v) is 7.34. The van der Waals surface area contributed by atoms with Crippen molar-refractivity contribution in [3.63, 3.8) is 0 Å². The lowest BCUT2D eigenvalue weighted by Gasteiger charge is -2.21. The van der Waals surface area contributed by atoms with Gasteiger partial charge in [0, 0.05) is 24.2 Å². The van der Waals surface area contributed by atoms with Crippen LogP contribution in [0.3, 0.4) is 0 Å². The summed E-state index contributed by atoms with van der Waals surface area (Å²) < 4.78 is 7.11. The highest BCUT2D eigenvalue weighted by atomic mass is 32.1. The number of ether oxygens (including phenoxy) is 1. The highest BCUT2D eigenvalue weighted by molar-refractivity contribution is 7.16. The minimum absolute atomic E-state index is 0.173. The third kappa shape index (κ3) is 5.69. The van der Waals surface area contributed by atoms with Crippen molar-refractivity contribution in [3.8, 4) is 6.07 Å². The van der Waals surface area contributed by atoms with Crippen molar-refractivity contribution in [3.05, 3.63) is 62.4 Å². The van der Waals surface area contributed by atoms with Gasteiger partial charge in [0.15, 0.2) is 0 Å². The molecule has 8 nitrogen and oxygen atoms in total. The van der Waals surface area contributed by atoms with Crippen molar-refractivity contribution in [2.45, 2.75) is 25.8 Å². The number of amides is 2. The molecule has 2 amide bonds. The Morgan fingerprint density at radius 3 is 3.03 bits per heavy atom. The minimum atomic E-state index is -0.462. The van der Waals surface area contributed by atoms with E-state index in [-0.39, 0.29) is 11.8 Å². The molecule has 10 heteroatoms. The maximum atomic E-state index is 12.3. The van der Waals surface area contributed by atoms with Crippen molar-refractivity contribution in [1.82, 2.24) is 15.1 Å². The summed E-state index contributed by atoms with van der Waals surface area (Å²) in [5.74, 6) is -0.0894. The molecule has 0 saturated carbocycles. The zero-order valence-corrected chi connectivity index (χ0v) is 19.7. The number of hydrogen-bond donors (Lipinski definition) is 2. The molecule has 0 fully saturated rings. The van der Waals surface area contributed by atoms with Gasteiger partial charge in [0.05, 0.1) is 24.4 Å². The van der Waals surface area contributed by atoms with Gasteiger partial charge in [-0.15, -0.1) is 11.3 Å². The molecule has 3 aromatic rings. The van der Waals surface area contributed by atoms with E-state index in [1.807, 2.05) is 29.9 Å². The number of aryl methyl sites for hydroxylation is 1. The number of nitrogens with one attached hydrogen (secondary N) is 2. The van der Waals surface area contributed by atoms with E-state index in [2.05, 4.69) is 21.8 Å². The molecule has 2 N–H and O–H groups in total. The summed E-state index contributed by atoms with van der Waals surface area (Å²) in [4.78, 5) is 25.5. The average Bonchev–Trinajstić information content (AvgIpc) is 3.54. The normalized spacial score (nSPS) is 15.1. The Bertz CT molecular complexity index is 1200. The van der Waals surface area contributed by atoms with Gasteiger partial charge in [-0.3, -0.25) is 9.48 Å².